The van der Waals surface area contributed by atoms with E-state index in [2.05, 4.69) is 15.3 Å². The molecule has 0 saturated heterocycles. The smallest absolute Gasteiger partial charge is 0.195 e. The molecule has 4 nitrogen and oxygen atoms in total. The molecule has 0 aliphatic carbocycles. The summed E-state index contributed by atoms with van der Waals surface area (Å²) in [6, 6.07) is 10.9. The zero-order chi connectivity index (χ0) is 17.8. The molecule has 0 saturated carbocycles. The minimum absolute atomic E-state index is 0.348. The maximum atomic E-state index is 6.17. The molecule has 0 bridgehead atoms. The van der Waals surface area contributed by atoms with Crippen molar-refractivity contribution >= 4 is 64.4 Å². The van der Waals surface area contributed by atoms with Gasteiger partial charge in [-0.3, -0.25) is 0 Å². The first-order chi connectivity index (χ1) is 12.0. The first-order valence-corrected chi connectivity index (χ1v) is 9.49. The molecule has 128 valence electrons. The van der Waals surface area contributed by atoms with Crippen LogP contribution in [-0.2, 0) is 5.75 Å². The molecule has 0 N–H and O–H groups in total. The van der Waals surface area contributed by atoms with Crippen molar-refractivity contribution < 1.29 is 0 Å². The Morgan fingerprint density at radius 1 is 1.00 bits per heavy atom. The number of benzene rings is 2. The first-order valence-electron chi connectivity index (χ1n) is 6.99. The summed E-state index contributed by atoms with van der Waals surface area (Å²) in [5.74, 6) is 0.712. The number of nitrogens with zero attached hydrogens (tertiary/aromatic N) is 4. The lowest BCUT2D eigenvalue weighted by Gasteiger charge is -2.04. The second-order valence-electron chi connectivity index (χ2n) is 4.87. The minimum Gasteiger partial charge on any atom is -0.195 e. The number of halogens is 4. The first kappa shape index (κ1) is 18.5. The SMILES string of the molecule is Clc1ccc(CSc2nncn2/N=C/c2c(Cl)ccc(Cl)c2Cl)cc1. The summed E-state index contributed by atoms with van der Waals surface area (Å²) in [7, 11) is 0. The van der Waals surface area contributed by atoms with Gasteiger partial charge in [0.2, 0.25) is 5.16 Å². The van der Waals surface area contributed by atoms with Gasteiger partial charge in [-0.25, -0.2) is 0 Å². The van der Waals surface area contributed by atoms with E-state index >= 15 is 0 Å². The molecule has 0 fully saturated rings. The number of hydrogen-bond acceptors (Lipinski definition) is 4. The van der Waals surface area contributed by atoms with E-state index in [9.17, 15) is 0 Å². The summed E-state index contributed by atoms with van der Waals surface area (Å²) >= 11 is 25.7. The Kier molecular flexibility index (Phi) is 6.25. The Hall–Kier alpha value is -1.24. The summed E-state index contributed by atoms with van der Waals surface area (Å²) < 4.78 is 1.55. The van der Waals surface area contributed by atoms with E-state index in [0.29, 0.717) is 36.6 Å². The molecule has 0 unspecified atom stereocenters. The van der Waals surface area contributed by atoms with Gasteiger partial charge in [0, 0.05) is 16.3 Å². The van der Waals surface area contributed by atoms with E-state index in [1.165, 1.54) is 24.3 Å². The van der Waals surface area contributed by atoms with Crippen LogP contribution in [0.5, 0.6) is 0 Å². The van der Waals surface area contributed by atoms with E-state index in [4.69, 9.17) is 46.4 Å². The van der Waals surface area contributed by atoms with Crippen LogP contribution >= 0.6 is 58.2 Å². The van der Waals surface area contributed by atoms with Crippen LogP contribution in [0.15, 0.2) is 53.0 Å². The summed E-state index contributed by atoms with van der Waals surface area (Å²) in [5, 5.41) is 14.8. The van der Waals surface area contributed by atoms with Crippen molar-refractivity contribution in [2.75, 3.05) is 0 Å². The fourth-order valence-electron chi connectivity index (χ4n) is 1.90. The van der Waals surface area contributed by atoms with Crippen LogP contribution in [0, 0.1) is 0 Å². The van der Waals surface area contributed by atoms with Crippen LogP contribution in [0.2, 0.25) is 20.1 Å². The highest BCUT2D eigenvalue weighted by molar-refractivity contribution is 7.98. The van der Waals surface area contributed by atoms with Crippen LogP contribution in [0.1, 0.15) is 11.1 Å². The standard InChI is InChI=1S/C16H10Cl4N4S/c17-11-3-1-10(2-4-11)8-25-16-23-21-9-24(16)22-7-12-13(18)5-6-14(19)15(12)20/h1-7,9H,8H2/b22-7+. The van der Waals surface area contributed by atoms with Gasteiger partial charge in [-0.1, -0.05) is 70.3 Å². The molecule has 0 atom stereocenters. The maximum absolute atomic E-state index is 6.17. The molecule has 3 rings (SSSR count). The van der Waals surface area contributed by atoms with Crippen LogP contribution in [0.3, 0.4) is 0 Å². The predicted molar refractivity (Wildman–Crippen MR) is 105 cm³/mol. The van der Waals surface area contributed by atoms with Gasteiger partial charge >= 0.3 is 0 Å². The summed E-state index contributed by atoms with van der Waals surface area (Å²) in [4.78, 5) is 0. The summed E-state index contributed by atoms with van der Waals surface area (Å²) in [6.07, 6.45) is 3.04. The molecule has 0 spiro atoms. The van der Waals surface area contributed by atoms with Gasteiger partial charge < -0.3 is 0 Å². The van der Waals surface area contributed by atoms with Crippen molar-refractivity contribution in [1.29, 1.82) is 0 Å². The second kappa shape index (κ2) is 8.43. The van der Waals surface area contributed by atoms with Crippen LogP contribution < -0.4 is 0 Å². The zero-order valence-electron chi connectivity index (χ0n) is 12.5. The van der Waals surface area contributed by atoms with E-state index < -0.39 is 0 Å². The lowest BCUT2D eigenvalue weighted by Crippen LogP contribution is -1.94. The number of thioether (sulfide) groups is 1. The Bertz CT molecular complexity index is 909. The van der Waals surface area contributed by atoms with Crippen molar-refractivity contribution in [3.8, 4) is 0 Å². The average Bonchev–Trinajstić information content (AvgIpc) is 3.05. The Morgan fingerprint density at radius 3 is 2.48 bits per heavy atom. The summed E-state index contributed by atoms with van der Waals surface area (Å²) in [5.41, 5.74) is 1.66. The molecule has 2 aromatic carbocycles. The van der Waals surface area contributed by atoms with Gasteiger partial charge in [-0.2, -0.15) is 9.78 Å². The lowest BCUT2D eigenvalue weighted by molar-refractivity contribution is 0.767. The molecule has 0 radical (unpaired) electrons. The molecule has 3 aromatic rings. The van der Waals surface area contributed by atoms with Crippen LogP contribution in [0.4, 0.5) is 0 Å². The molecule has 0 aliphatic rings. The van der Waals surface area contributed by atoms with E-state index in [1.54, 1.807) is 16.8 Å². The fourth-order valence-corrected chi connectivity index (χ4v) is 3.48. The lowest BCUT2D eigenvalue weighted by atomic mass is 10.2. The Labute approximate surface area is 168 Å². The third kappa shape index (κ3) is 4.68. The van der Waals surface area contributed by atoms with Crippen molar-refractivity contribution in [3.63, 3.8) is 0 Å². The van der Waals surface area contributed by atoms with Crippen molar-refractivity contribution in [3.05, 3.63) is 73.9 Å². The van der Waals surface area contributed by atoms with Gasteiger partial charge in [-0.05, 0) is 29.8 Å². The van der Waals surface area contributed by atoms with Crippen molar-refractivity contribution in [2.45, 2.75) is 10.9 Å². The van der Waals surface area contributed by atoms with Gasteiger partial charge in [0.25, 0.3) is 0 Å². The molecule has 9 heteroatoms. The third-order valence-electron chi connectivity index (χ3n) is 3.17. The predicted octanol–water partition coefficient (Wildman–Crippen LogP) is 6.07. The van der Waals surface area contributed by atoms with Crippen molar-refractivity contribution in [2.24, 2.45) is 5.10 Å². The Balaban J connectivity index is 1.76. The quantitative estimate of drug-likeness (QED) is 0.280. The number of rotatable bonds is 5. The Morgan fingerprint density at radius 2 is 1.72 bits per heavy atom. The number of aromatic nitrogens is 3. The average molecular weight is 432 g/mol. The molecule has 25 heavy (non-hydrogen) atoms. The molecule has 1 heterocycles. The summed E-state index contributed by atoms with van der Waals surface area (Å²) in [6.45, 7) is 0. The van der Waals surface area contributed by atoms with E-state index in [0.717, 1.165) is 5.56 Å². The monoisotopic (exact) mass is 430 g/mol. The van der Waals surface area contributed by atoms with Crippen LogP contribution in [0.25, 0.3) is 0 Å². The highest BCUT2D eigenvalue weighted by Gasteiger charge is 2.09. The zero-order valence-corrected chi connectivity index (χ0v) is 16.4. The molecule has 0 aliphatic heterocycles. The normalized spacial score (nSPS) is 11.4. The minimum atomic E-state index is 0.348. The fraction of sp³-hybridized carbons (Fsp3) is 0.0625. The van der Waals surface area contributed by atoms with Gasteiger partial charge in [0.15, 0.2) is 0 Å². The van der Waals surface area contributed by atoms with Crippen LogP contribution in [-0.4, -0.2) is 21.1 Å². The maximum Gasteiger partial charge on any atom is 0.212 e. The van der Waals surface area contributed by atoms with E-state index in [-0.39, 0.29) is 0 Å². The number of hydrogen-bond donors (Lipinski definition) is 0. The second-order valence-corrected chi connectivity index (χ2v) is 7.45. The topological polar surface area (TPSA) is 43.1 Å². The highest BCUT2D eigenvalue weighted by atomic mass is 35.5. The third-order valence-corrected chi connectivity index (χ3v) is 5.58. The molecular formula is C16H10Cl4N4S. The van der Waals surface area contributed by atoms with E-state index in [1.807, 2.05) is 24.3 Å². The van der Waals surface area contributed by atoms with Gasteiger partial charge in [0.05, 0.1) is 21.3 Å². The largest absolute Gasteiger partial charge is 0.212 e. The highest BCUT2D eigenvalue weighted by Crippen LogP contribution is 2.30. The van der Waals surface area contributed by atoms with Crippen molar-refractivity contribution in [1.82, 2.24) is 14.9 Å². The van der Waals surface area contributed by atoms with Gasteiger partial charge in [-0.15, -0.1) is 10.2 Å². The molecule has 1 aromatic heterocycles. The molecular weight excluding hydrogens is 422 g/mol. The van der Waals surface area contributed by atoms with Gasteiger partial charge in [0.1, 0.15) is 6.33 Å². The molecule has 0 amide bonds.